The van der Waals surface area contributed by atoms with E-state index in [4.69, 9.17) is 20.1 Å². The molecule has 0 rings (SSSR count). The molecule has 0 heterocycles. The molecule has 4 nitrogen and oxygen atoms in total. The summed E-state index contributed by atoms with van der Waals surface area (Å²) in [5.74, 6) is 1.70. The molecular weight excluding hydrogens is 110 g/mol. The van der Waals surface area contributed by atoms with Crippen LogP contribution in [-0.4, -0.2) is 34.3 Å². The summed E-state index contributed by atoms with van der Waals surface area (Å²) in [6.45, 7) is 0. The lowest BCUT2D eigenvalue weighted by molar-refractivity contribution is 0.417. The van der Waals surface area contributed by atoms with Gasteiger partial charge in [0.25, 0.3) is 0 Å². The summed E-state index contributed by atoms with van der Waals surface area (Å²) in [7, 11) is -3.23. The SMILES string of the molecule is OB(O)/C=C\B(O)O. The van der Waals surface area contributed by atoms with E-state index in [-0.39, 0.29) is 0 Å². The fraction of sp³-hybridized carbons (Fsp3) is 0. The zero-order chi connectivity index (χ0) is 6.57. The van der Waals surface area contributed by atoms with Crippen molar-refractivity contribution in [2.24, 2.45) is 0 Å². The molecule has 0 amide bonds. The smallest absolute Gasteiger partial charge is 0.424 e. The molecule has 0 atom stereocenters. The Balaban J connectivity index is 3.34. The average Bonchev–Trinajstić information content (AvgIpc) is 1.61. The van der Waals surface area contributed by atoms with Crippen molar-refractivity contribution < 1.29 is 20.1 Å². The fourth-order valence-corrected chi connectivity index (χ4v) is 0.199. The van der Waals surface area contributed by atoms with Gasteiger partial charge in [-0.1, -0.05) is 12.0 Å². The van der Waals surface area contributed by atoms with Crippen LogP contribution in [0.1, 0.15) is 0 Å². The maximum Gasteiger partial charge on any atom is 0.479 e. The van der Waals surface area contributed by atoms with Crippen molar-refractivity contribution in [1.29, 1.82) is 0 Å². The van der Waals surface area contributed by atoms with Crippen molar-refractivity contribution >= 4 is 14.2 Å². The molecule has 0 radical (unpaired) electrons. The van der Waals surface area contributed by atoms with Gasteiger partial charge in [0.05, 0.1) is 0 Å². The van der Waals surface area contributed by atoms with Crippen LogP contribution in [0.3, 0.4) is 0 Å². The van der Waals surface area contributed by atoms with E-state index in [9.17, 15) is 0 Å². The van der Waals surface area contributed by atoms with Crippen LogP contribution in [0.4, 0.5) is 0 Å². The first-order valence-corrected chi connectivity index (χ1v) is 2.03. The molecule has 0 aromatic rings. The molecule has 0 saturated heterocycles. The Morgan fingerprint density at radius 1 is 0.750 bits per heavy atom. The molecule has 0 aliphatic rings. The highest BCUT2D eigenvalue weighted by molar-refractivity contribution is 6.54. The Morgan fingerprint density at radius 2 is 1.00 bits per heavy atom. The van der Waals surface area contributed by atoms with Gasteiger partial charge in [-0.15, -0.1) is 0 Å². The first kappa shape index (κ1) is 7.71. The van der Waals surface area contributed by atoms with Crippen molar-refractivity contribution in [2.45, 2.75) is 0 Å². The standard InChI is InChI=1S/C2H6B2O4/c5-3(6)1-2-4(7)8/h1-2,5-8H/b2-1-. The molecule has 0 aliphatic carbocycles. The second-order valence-electron chi connectivity index (χ2n) is 1.21. The lowest BCUT2D eigenvalue weighted by Crippen LogP contribution is -2.11. The van der Waals surface area contributed by atoms with Crippen molar-refractivity contribution in [3.63, 3.8) is 0 Å². The Kier molecular flexibility index (Phi) is 3.55. The van der Waals surface area contributed by atoms with Crippen LogP contribution < -0.4 is 0 Å². The zero-order valence-electron chi connectivity index (χ0n) is 4.10. The summed E-state index contributed by atoms with van der Waals surface area (Å²) in [5, 5.41) is 32.2. The summed E-state index contributed by atoms with van der Waals surface area (Å²) in [4.78, 5) is 0. The zero-order valence-corrected chi connectivity index (χ0v) is 4.10. The van der Waals surface area contributed by atoms with Gasteiger partial charge in [0.2, 0.25) is 0 Å². The predicted octanol–water partition coefficient (Wildman–Crippen LogP) is -2.43. The van der Waals surface area contributed by atoms with Crippen molar-refractivity contribution in [1.82, 2.24) is 0 Å². The minimum Gasteiger partial charge on any atom is -0.424 e. The normalized spacial score (nSPS) is 10.0. The number of hydrogen-bond donors (Lipinski definition) is 4. The van der Waals surface area contributed by atoms with Crippen LogP contribution >= 0.6 is 0 Å². The fourth-order valence-electron chi connectivity index (χ4n) is 0.199. The monoisotopic (exact) mass is 116 g/mol. The molecule has 0 saturated carbocycles. The Bertz CT molecular complexity index is 70.1. The Hall–Kier alpha value is -0.290. The third-order valence-electron chi connectivity index (χ3n) is 0.455. The maximum absolute atomic E-state index is 8.05. The maximum atomic E-state index is 8.05. The molecule has 0 bridgehead atoms. The molecule has 44 valence electrons. The molecule has 0 aliphatic heterocycles. The van der Waals surface area contributed by atoms with E-state index in [0.717, 1.165) is 12.0 Å². The van der Waals surface area contributed by atoms with Crippen molar-refractivity contribution in [3.05, 3.63) is 12.0 Å². The lowest BCUT2D eigenvalue weighted by atomic mass is 9.82. The summed E-state index contributed by atoms with van der Waals surface area (Å²) < 4.78 is 0. The van der Waals surface area contributed by atoms with Gasteiger partial charge < -0.3 is 20.1 Å². The van der Waals surface area contributed by atoms with Crippen LogP contribution in [0.25, 0.3) is 0 Å². The minimum atomic E-state index is -1.61. The van der Waals surface area contributed by atoms with Crippen LogP contribution in [-0.2, 0) is 0 Å². The topological polar surface area (TPSA) is 80.9 Å². The van der Waals surface area contributed by atoms with Gasteiger partial charge in [-0.3, -0.25) is 0 Å². The van der Waals surface area contributed by atoms with Crippen molar-refractivity contribution in [2.75, 3.05) is 0 Å². The van der Waals surface area contributed by atoms with Crippen LogP contribution in [0.15, 0.2) is 12.0 Å². The molecule has 4 N–H and O–H groups in total. The van der Waals surface area contributed by atoms with Gasteiger partial charge in [-0.2, -0.15) is 0 Å². The molecule has 0 unspecified atom stereocenters. The van der Waals surface area contributed by atoms with E-state index in [1.165, 1.54) is 0 Å². The Morgan fingerprint density at radius 3 is 1.12 bits per heavy atom. The third kappa shape index (κ3) is 5.71. The van der Waals surface area contributed by atoms with E-state index >= 15 is 0 Å². The summed E-state index contributed by atoms with van der Waals surface area (Å²) in [5.41, 5.74) is 0. The summed E-state index contributed by atoms with van der Waals surface area (Å²) >= 11 is 0. The molecule has 6 heteroatoms. The van der Waals surface area contributed by atoms with E-state index in [1.807, 2.05) is 0 Å². The third-order valence-corrected chi connectivity index (χ3v) is 0.455. The van der Waals surface area contributed by atoms with Crippen LogP contribution in [0, 0.1) is 0 Å². The van der Waals surface area contributed by atoms with Gasteiger partial charge in [0.1, 0.15) is 0 Å². The van der Waals surface area contributed by atoms with Crippen molar-refractivity contribution in [3.8, 4) is 0 Å². The predicted molar refractivity (Wildman–Crippen MR) is 29.5 cm³/mol. The van der Waals surface area contributed by atoms with Gasteiger partial charge in [0.15, 0.2) is 0 Å². The summed E-state index contributed by atoms with van der Waals surface area (Å²) in [6.07, 6.45) is 0. The summed E-state index contributed by atoms with van der Waals surface area (Å²) in [6, 6.07) is 0. The largest absolute Gasteiger partial charge is 0.479 e. The minimum absolute atomic E-state index is 0.852. The quantitative estimate of drug-likeness (QED) is 0.302. The van der Waals surface area contributed by atoms with Gasteiger partial charge in [-0.05, 0) is 0 Å². The highest BCUT2D eigenvalue weighted by atomic mass is 16.4. The first-order chi connectivity index (χ1) is 3.63. The average molecular weight is 116 g/mol. The number of hydrogen-bond acceptors (Lipinski definition) is 4. The lowest BCUT2D eigenvalue weighted by Gasteiger charge is -1.85. The van der Waals surface area contributed by atoms with Crippen LogP contribution in [0.5, 0.6) is 0 Å². The van der Waals surface area contributed by atoms with Gasteiger partial charge in [0, 0.05) is 0 Å². The van der Waals surface area contributed by atoms with Gasteiger partial charge >= 0.3 is 14.2 Å². The molecule has 0 aromatic carbocycles. The van der Waals surface area contributed by atoms with E-state index in [2.05, 4.69) is 0 Å². The highest BCUT2D eigenvalue weighted by Gasteiger charge is 2.03. The molecule has 0 spiro atoms. The van der Waals surface area contributed by atoms with E-state index in [1.54, 1.807) is 0 Å². The molecule has 0 aromatic heterocycles. The second kappa shape index (κ2) is 3.68. The molecular formula is C2H6B2O4. The van der Waals surface area contributed by atoms with Crippen LogP contribution in [0.2, 0.25) is 0 Å². The highest BCUT2D eigenvalue weighted by Crippen LogP contribution is 1.75. The molecule has 0 fully saturated rings. The first-order valence-electron chi connectivity index (χ1n) is 2.03. The molecule has 8 heavy (non-hydrogen) atoms. The second-order valence-corrected chi connectivity index (χ2v) is 1.21. The van der Waals surface area contributed by atoms with E-state index in [0.29, 0.717) is 0 Å². The van der Waals surface area contributed by atoms with Gasteiger partial charge in [-0.25, -0.2) is 0 Å². The number of rotatable bonds is 2. The Labute approximate surface area is 47.4 Å². The van der Waals surface area contributed by atoms with E-state index < -0.39 is 14.2 Å².